The number of carbonyl (C=O) groups excluding carboxylic acids is 4. The number of ether oxygens (including phenoxy) is 2. The number of fused-ring (bicyclic) bond motifs is 2. The van der Waals surface area contributed by atoms with Crippen LogP contribution in [0.5, 0.6) is 0 Å². The van der Waals surface area contributed by atoms with E-state index in [1.165, 1.54) is 9.80 Å². The van der Waals surface area contributed by atoms with Crippen molar-refractivity contribution >= 4 is 41.0 Å². The molecular weight excluding hydrogens is 598 g/mol. The minimum absolute atomic E-state index is 0.0928. The standard InChI is InChI=1S/C34H36ClN3O7/c1-21-29(22-11-4-2-5-12-22)44-33(43)27-25-16-17-34(45-25)28(27)31(41)38(19-10-20-39)30(34)32(42)37(24-14-8-7-13-23(24)35)18-9-3-6-15-26(40)36-21/h2-5,7-9,11-14,16-17,21,25,27-30,39H,6,10,15,18-20H2,1H3,(H,36,40)/b9-3-/t21-,25+,27-,28-,29+,30+,34-/m1/s1. The lowest BCUT2D eigenvalue weighted by atomic mass is 9.74. The predicted molar refractivity (Wildman–Crippen MR) is 166 cm³/mol. The molecular formula is C34H36ClN3O7. The summed E-state index contributed by atoms with van der Waals surface area (Å²) in [6.07, 6.45) is 6.30. The van der Waals surface area contributed by atoms with E-state index >= 15 is 0 Å². The molecule has 0 radical (unpaired) electrons. The number of hydrogen-bond donors (Lipinski definition) is 2. The number of likely N-dealkylation sites (tertiary alicyclic amines) is 1. The molecule has 2 aromatic carbocycles. The Bertz CT molecular complexity index is 1530. The molecule has 236 valence electrons. The number of nitrogens with one attached hydrogen (secondary N) is 1. The van der Waals surface area contributed by atoms with Crippen LogP contribution in [0.25, 0.3) is 0 Å². The van der Waals surface area contributed by atoms with E-state index in [2.05, 4.69) is 5.32 Å². The highest BCUT2D eigenvalue weighted by molar-refractivity contribution is 6.34. The summed E-state index contributed by atoms with van der Waals surface area (Å²) in [4.78, 5) is 58.9. The highest BCUT2D eigenvalue weighted by atomic mass is 35.5. The zero-order valence-electron chi connectivity index (χ0n) is 24.9. The average molecular weight is 634 g/mol. The van der Waals surface area contributed by atoms with E-state index in [-0.39, 0.29) is 38.4 Å². The SMILES string of the molecule is C[C@H]1NC(=O)CC/C=C\CN(c2ccccc2Cl)C(=O)[C@@H]2N(CCCO)C(=O)[C@H]3[C@H](C(=O)O[C@@H]1c1ccccc1)[C@@H]1C=C[C@]23O1. The van der Waals surface area contributed by atoms with Crippen LogP contribution in [0.3, 0.4) is 0 Å². The highest BCUT2D eigenvalue weighted by Gasteiger charge is 2.73. The number of allylic oxidation sites excluding steroid dienone is 1. The van der Waals surface area contributed by atoms with E-state index in [1.54, 1.807) is 49.4 Å². The summed E-state index contributed by atoms with van der Waals surface area (Å²) in [6.45, 7) is 1.80. The Balaban J connectivity index is 1.45. The fraction of sp³-hybridized carbons (Fsp3) is 0.412. The van der Waals surface area contributed by atoms with Crippen molar-refractivity contribution in [2.75, 3.05) is 24.6 Å². The van der Waals surface area contributed by atoms with Crippen LogP contribution in [0.1, 0.15) is 37.9 Å². The van der Waals surface area contributed by atoms with E-state index in [0.29, 0.717) is 22.7 Å². The summed E-state index contributed by atoms with van der Waals surface area (Å²) in [5, 5.41) is 13.0. The molecule has 4 heterocycles. The number of hydrogen-bond acceptors (Lipinski definition) is 7. The Kier molecular flexibility index (Phi) is 8.81. The molecule has 0 aromatic heterocycles. The van der Waals surface area contributed by atoms with Gasteiger partial charge in [-0.05, 0) is 37.5 Å². The minimum Gasteiger partial charge on any atom is -0.455 e. The Morgan fingerprint density at radius 3 is 2.53 bits per heavy atom. The largest absolute Gasteiger partial charge is 0.455 e. The lowest BCUT2D eigenvalue weighted by molar-refractivity contribution is -0.161. The van der Waals surface area contributed by atoms with Crippen LogP contribution in [0.15, 0.2) is 78.9 Å². The topological polar surface area (TPSA) is 125 Å². The first-order valence-electron chi connectivity index (χ1n) is 15.3. The number of amides is 3. The molecule has 2 aromatic rings. The molecule has 2 N–H and O–H groups in total. The van der Waals surface area contributed by atoms with Gasteiger partial charge in [-0.15, -0.1) is 0 Å². The zero-order valence-corrected chi connectivity index (χ0v) is 25.6. The maximum Gasteiger partial charge on any atom is 0.313 e. The summed E-state index contributed by atoms with van der Waals surface area (Å²) in [5.74, 6) is -3.75. The highest BCUT2D eigenvalue weighted by Crippen LogP contribution is 2.56. The fourth-order valence-electron chi connectivity index (χ4n) is 7.04. The first-order valence-corrected chi connectivity index (χ1v) is 15.7. The van der Waals surface area contributed by atoms with Crippen LogP contribution >= 0.6 is 11.6 Å². The van der Waals surface area contributed by atoms with Gasteiger partial charge in [0.2, 0.25) is 11.8 Å². The van der Waals surface area contributed by atoms with E-state index in [0.717, 1.165) is 0 Å². The quantitative estimate of drug-likeness (QED) is 0.382. The molecule has 0 unspecified atom stereocenters. The summed E-state index contributed by atoms with van der Waals surface area (Å²) < 4.78 is 12.6. The Hall–Kier alpha value is -3.99. The van der Waals surface area contributed by atoms with Crippen molar-refractivity contribution in [2.45, 2.75) is 56.1 Å². The molecule has 1 spiro atoms. The van der Waals surface area contributed by atoms with Gasteiger partial charge in [-0.2, -0.15) is 0 Å². The van der Waals surface area contributed by atoms with Gasteiger partial charge in [0.15, 0.2) is 0 Å². The van der Waals surface area contributed by atoms with Crippen molar-refractivity contribution in [1.82, 2.24) is 10.2 Å². The van der Waals surface area contributed by atoms with Crippen LogP contribution in [0.2, 0.25) is 5.02 Å². The number of aliphatic hydroxyl groups is 1. The van der Waals surface area contributed by atoms with Crippen molar-refractivity contribution in [3.05, 3.63) is 89.5 Å². The number of rotatable bonds is 5. The summed E-state index contributed by atoms with van der Waals surface area (Å²) in [7, 11) is 0. The number of esters is 1. The van der Waals surface area contributed by atoms with E-state index in [1.807, 2.05) is 36.4 Å². The second-order valence-corrected chi connectivity index (χ2v) is 12.3. The molecule has 3 amide bonds. The van der Waals surface area contributed by atoms with Crippen molar-refractivity contribution in [3.63, 3.8) is 0 Å². The maximum atomic E-state index is 14.7. The predicted octanol–water partition coefficient (Wildman–Crippen LogP) is 3.35. The fourth-order valence-corrected chi connectivity index (χ4v) is 7.28. The first kappa shape index (κ1) is 31.0. The lowest BCUT2D eigenvalue weighted by Crippen LogP contribution is -2.56. The number of para-hydroxylation sites is 1. The molecule has 4 aliphatic rings. The van der Waals surface area contributed by atoms with Crippen LogP contribution in [-0.4, -0.2) is 77.2 Å². The van der Waals surface area contributed by atoms with Gasteiger partial charge in [0.1, 0.15) is 23.7 Å². The number of benzene rings is 2. The average Bonchev–Trinajstić information content (AvgIpc) is 3.68. The normalized spacial score (nSPS) is 32.4. The van der Waals surface area contributed by atoms with Crippen LogP contribution in [0, 0.1) is 11.8 Å². The second kappa shape index (κ2) is 12.8. The van der Waals surface area contributed by atoms with E-state index in [4.69, 9.17) is 21.1 Å². The van der Waals surface area contributed by atoms with Crippen molar-refractivity contribution < 1.29 is 33.8 Å². The number of aliphatic hydroxyl groups excluding tert-OH is 1. The van der Waals surface area contributed by atoms with Crippen molar-refractivity contribution in [3.8, 4) is 0 Å². The second-order valence-electron chi connectivity index (χ2n) is 11.8. The molecule has 2 saturated heterocycles. The smallest absolute Gasteiger partial charge is 0.313 e. The van der Waals surface area contributed by atoms with Crippen LogP contribution in [-0.2, 0) is 28.7 Å². The molecule has 10 nitrogen and oxygen atoms in total. The molecule has 4 aliphatic heterocycles. The van der Waals surface area contributed by atoms with E-state index < -0.39 is 59.5 Å². The first-order chi connectivity index (χ1) is 21.8. The minimum atomic E-state index is -1.42. The Morgan fingerprint density at radius 2 is 1.78 bits per heavy atom. The van der Waals surface area contributed by atoms with Crippen molar-refractivity contribution in [1.29, 1.82) is 0 Å². The molecule has 0 aliphatic carbocycles. The van der Waals surface area contributed by atoms with Gasteiger partial charge in [0, 0.05) is 26.1 Å². The van der Waals surface area contributed by atoms with E-state index in [9.17, 15) is 24.3 Å². The molecule has 6 rings (SSSR count). The van der Waals surface area contributed by atoms with Gasteiger partial charge in [-0.25, -0.2) is 0 Å². The monoisotopic (exact) mass is 633 g/mol. The van der Waals surface area contributed by atoms with Crippen LogP contribution < -0.4 is 10.2 Å². The third-order valence-corrected chi connectivity index (χ3v) is 9.37. The number of halogens is 1. The molecule has 7 atom stereocenters. The Morgan fingerprint density at radius 1 is 1.02 bits per heavy atom. The third-order valence-electron chi connectivity index (χ3n) is 9.05. The number of carbonyl (C=O) groups is 4. The van der Waals surface area contributed by atoms with Gasteiger partial charge in [0.05, 0.1) is 28.8 Å². The summed E-state index contributed by atoms with van der Waals surface area (Å²) in [6, 6.07) is 14.4. The molecule has 11 heteroatoms. The Labute approximate surface area is 266 Å². The maximum absolute atomic E-state index is 14.7. The third kappa shape index (κ3) is 5.55. The molecule has 2 fully saturated rings. The number of nitrogens with zero attached hydrogens (tertiary/aromatic N) is 2. The van der Waals surface area contributed by atoms with Crippen LogP contribution in [0.4, 0.5) is 5.69 Å². The molecule has 0 saturated carbocycles. The van der Waals surface area contributed by atoms with Gasteiger partial charge < -0.3 is 29.7 Å². The van der Waals surface area contributed by atoms with Crippen molar-refractivity contribution in [2.24, 2.45) is 11.8 Å². The van der Waals surface area contributed by atoms with Gasteiger partial charge >= 0.3 is 5.97 Å². The van der Waals surface area contributed by atoms with Gasteiger partial charge in [-0.3, -0.25) is 19.2 Å². The van der Waals surface area contributed by atoms with Gasteiger partial charge in [0.25, 0.3) is 5.91 Å². The number of anilines is 1. The lowest BCUT2D eigenvalue weighted by Gasteiger charge is -2.36. The van der Waals surface area contributed by atoms with Gasteiger partial charge in [-0.1, -0.05) is 78.4 Å². The molecule has 5 bridgehead atoms. The number of cyclic esters (lactones) is 1. The summed E-state index contributed by atoms with van der Waals surface area (Å²) >= 11 is 6.58. The summed E-state index contributed by atoms with van der Waals surface area (Å²) in [5.41, 5.74) is -0.278. The molecule has 45 heavy (non-hydrogen) atoms. The zero-order chi connectivity index (χ0) is 31.7.